The van der Waals surface area contributed by atoms with Gasteiger partial charge in [0, 0.05) is 6.54 Å². The monoisotopic (exact) mass is 384 g/mol. The van der Waals surface area contributed by atoms with E-state index in [9.17, 15) is 13.2 Å². The molecule has 146 valence electrons. The van der Waals surface area contributed by atoms with E-state index in [0.29, 0.717) is 44.4 Å². The molecule has 1 saturated heterocycles. The van der Waals surface area contributed by atoms with Crippen molar-refractivity contribution in [1.29, 1.82) is 0 Å². The van der Waals surface area contributed by atoms with Gasteiger partial charge in [0.1, 0.15) is 5.75 Å². The number of hydrogen-bond acceptors (Lipinski definition) is 4. The summed E-state index contributed by atoms with van der Waals surface area (Å²) >= 11 is 0. The second-order valence-electron chi connectivity index (χ2n) is 7.10. The van der Waals surface area contributed by atoms with E-state index in [-0.39, 0.29) is 16.8 Å². The highest BCUT2D eigenvalue weighted by molar-refractivity contribution is 7.89. The van der Waals surface area contributed by atoms with Crippen molar-refractivity contribution in [3.63, 3.8) is 0 Å². The molecule has 2 rings (SSSR count). The number of hydrogen-bond donors (Lipinski definition) is 2. The first-order valence-electron chi connectivity index (χ1n) is 9.02. The topological polar surface area (TPSA) is 80.2 Å². The van der Waals surface area contributed by atoms with E-state index in [4.69, 9.17) is 4.74 Å². The standard InChI is InChI=1S/C18H29N3O4S/c1-14(2)13-19-18(22)15(3)20-9-11-21(12-10-20)26(23,24)17-7-5-16(25-4)6-8-17/h5-8,14-15H,9-13H2,1-4H3,(H,19,22)/p+1/t15-/m0/s1. The Morgan fingerprint density at radius 2 is 1.77 bits per heavy atom. The summed E-state index contributed by atoms with van der Waals surface area (Å²) < 4.78 is 32.1. The molecular weight excluding hydrogens is 354 g/mol. The first kappa shape index (κ1) is 20.7. The molecule has 0 aliphatic carbocycles. The number of methoxy groups -OCH3 is 1. The van der Waals surface area contributed by atoms with Crippen LogP contribution in [-0.4, -0.2) is 64.5 Å². The minimum atomic E-state index is -3.51. The van der Waals surface area contributed by atoms with Crippen molar-refractivity contribution >= 4 is 15.9 Å². The van der Waals surface area contributed by atoms with Crippen LogP contribution in [0.15, 0.2) is 29.2 Å². The Morgan fingerprint density at radius 1 is 1.19 bits per heavy atom. The lowest BCUT2D eigenvalue weighted by atomic mass is 10.2. The highest BCUT2D eigenvalue weighted by atomic mass is 32.2. The predicted octanol–water partition coefficient (Wildman–Crippen LogP) is -0.255. The van der Waals surface area contributed by atoms with Crippen LogP contribution in [0.1, 0.15) is 20.8 Å². The molecule has 0 aromatic heterocycles. The van der Waals surface area contributed by atoms with Gasteiger partial charge >= 0.3 is 0 Å². The third kappa shape index (κ3) is 4.96. The smallest absolute Gasteiger partial charge is 0.278 e. The highest BCUT2D eigenvalue weighted by Crippen LogP contribution is 2.19. The summed E-state index contributed by atoms with van der Waals surface area (Å²) in [4.78, 5) is 13.6. The molecule has 1 aliphatic rings. The second-order valence-corrected chi connectivity index (χ2v) is 9.04. The van der Waals surface area contributed by atoms with Crippen LogP contribution >= 0.6 is 0 Å². The molecular formula is C18H30N3O4S+. The Bertz CT molecular complexity index is 696. The van der Waals surface area contributed by atoms with Crippen LogP contribution in [-0.2, 0) is 14.8 Å². The number of carbonyl (C=O) groups excluding carboxylic acids is 1. The molecule has 7 nitrogen and oxygen atoms in total. The largest absolute Gasteiger partial charge is 0.497 e. The van der Waals surface area contributed by atoms with Gasteiger partial charge in [-0.1, -0.05) is 13.8 Å². The molecule has 1 aromatic carbocycles. The van der Waals surface area contributed by atoms with Crippen molar-refractivity contribution in [3.8, 4) is 5.75 Å². The van der Waals surface area contributed by atoms with Crippen LogP contribution in [0.5, 0.6) is 5.75 Å². The third-order valence-electron chi connectivity index (χ3n) is 4.75. The number of benzene rings is 1. The number of piperazine rings is 1. The molecule has 1 aliphatic heterocycles. The number of carbonyl (C=O) groups is 1. The fourth-order valence-corrected chi connectivity index (χ4v) is 4.43. The van der Waals surface area contributed by atoms with Crippen LogP contribution in [0, 0.1) is 5.92 Å². The lowest BCUT2D eigenvalue weighted by Gasteiger charge is -2.34. The molecule has 1 amide bonds. The van der Waals surface area contributed by atoms with Gasteiger partial charge in [-0.3, -0.25) is 4.79 Å². The van der Waals surface area contributed by atoms with E-state index in [1.165, 1.54) is 4.31 Å². The van der Waals surface area contributed by atoms with Crippen LogP contribution in [0.4, 0.5) is 0 Å². The maximum atomic E-state index is 12.8. The number of rotatable bonds is 7. The van der Waals surface area contributed by atoms with Gasteiger partial charge in [0.05, 0.1) is 38.2 Å². The number of amides is 1. The molecule has 0 saturated carbocycles. The number of nitrogens with one attached hydrogen (secondary N) is 2. The molecule has 26 heavy (non-hydrogen) atoms. The summed E-state index contributed by atoms with van der Waals surface area (Å²) in [5.74, 6) is 1.06. The molecule has 1 atom stereocenters. The summed E-state index contributed by atoms with van der Waals surface area (Å²) in [5.41, 5.74) is 0. The van der Waals surface area contributed by atoms with E-state index in [0.717, 1.165) is 4.90 Å². The first-order valence-corrected chi connectivity index (χ1v) is 10.5. The van der Waals surface area contributed by atoms with Crippen LogP contribution in [0.2, 0.25) is 0 Å². The summed E-state index contributed by atoms with van der Waals surface area (Å²) in [6, 6.07) is 6.25. The van der Waals surface area contributed by atoms with Gasteiger partial charge in [0.2, 0.25) is 10.0 Å². The number of nitrogens with zero attached hydrogens (tertiary/aromatic N) is 1. The predicted molar refractivity (Wildman–Crippen MR) is 99.8 cm³/mol. The van der Waals surface area contributed by atoms with Gasteiger partial charge < -0.3 is 15.0 Å². The lowest BCUT2D eigenvalue weighted by molar-refractivity contribution is -0.917. The Hall–Kier alpha value is -1.64. The van der Waals surface area contributed by atoms with Gasteiger partial charge in [0.25, 0.3) is 5.91 Å². The second kappa shape index (κ2) is 8.83. The van der Waals surface area contributed by atoms with E-state index in [1.807, 2.05) is 6.92 Å². The fourth-order valence-electron chi connectivity index (χ4n) is 2.99. The number of ether oxygens (including phenoxy) is 1. The fraction of sp³-hybridized carbons (Fsp3) is 0.611. The van der Waals surface area contributed by atoms with Crippen LogP contribution in [0.25, 0.3) is 0 Å². The summed E-state index contributed by atoms with van der Waals surface area (Å²) in [5, 5.41) is 2.95. The molecule has 0 unspecified atom stereocenters. The zero-order valence-electron chi connectivity index (χ0n) is 16.0. The minimum absolute atomic E-state index is 0.0279. The number of sulfonamides is 1. The average molecular weight is 385 g/mol. The SMILES string of the molecule is COc1ccc(S(=O)(=O)N2CC[NH+]([C@@H](C)C(=O)NCC(C)C)CC2)cc1. The van der Waals surface area contributed by atoms with E-state index in [2.05, 4.69) is 19.2 Å². The van der Waals surface area contributed by atoms with Crippen molar-refractivity contribution in [2.24, 2.45) is 5.92 Å². The molecule has 1 fully saturated rings. The Morgan fingerprint density at radius 3 is 2.27 bits per heavy atom. The van der Waals surface area contributed by atoms with Crippen molar-refractivity contribution in [2.45, 2.75) is 31.7 Å². The minimum Gasteiger partial charge on any atom is -0.497 e. The highest BCUT2D eigenvalue weighted by Gasteiger charge is 2.34. The molecule has 0 spiro atoms. The molecule has 0 radical (unpaired) electrons. The zero-order chi connectivity index (χ0) is 19.3. The molecule has 1 aromatic rings. The van der Waals surface area contributed by atoms with E-state index >= 15 is 0 Å². The molecule has 0 bridgehead atoms. The van der Waals surface area contributed by atoms with Gasteiger partial charge in [-0.15, -0.1) is 0 Å². The normalized spacial score (nSPS) is 17.9. The maximum absolute atomic E-state index is 12.8. The van der Waals surface area contributed by atoms with Gasteiger partial charge in [-0.2, -0.15) is 4.31 Å². The summed E-state index contributed by atoms with van der Waals surface area (Å²) in [6.45, 7) is 8.72. The Balaban J connectivity index is 1.95. The summed E-state index contributed by atoms with van der Waals surface area (Å²) in [6.07, 6.45) is 0. The molecule has 2 N–H and O–H groups in total. The third-order valence-corrected chi connectivity index (χ3v) is 6.66. The van der Waals surface area contributed by atoms with Gasteiger partial charge in [-0.05, 0) is 37.1 Å². The van der Waals surface area contributed by atoms with E-state index < -0.39 is 10.0 Å². The lowest BCUT2D eigenvalue weighted by Crippen LogP contribution is -3.19. The van der Waals surface area contributed by atoms with Crippen LogP contribution < -0.4 is 15.0 Å². The van der Waals surface area contributed by atoms with Crippen molar-refractivity contribution in [2.75, 3.05) is 39.8 Å². The number of quaternary nitrogens is 1. The van der Waals surface area contributed by atoms with Crippen molar-refractivity contribution < 1.29 is 22.8 Å². The maximum Gasteiger partial charge on any atom is 0.278 e. The van der Waals surface area contributed by atoms with Crippen LogP contribution in [0.3, 0.4) is 0 Å². The Kier molecular flexibility index (Phi) is 7.02. The van der Waals surface area contributed by atoms with Gasteiger partial charge in [0.15, 0.2) is 6.04 Å². The zero-order valence-corrected chi connectivity index (χ0v) is 16.8. The first-order chi connectivity index (χ1) is 12.3. The summed E-state index contributed by atoms with van der Waals surface area (Å²) in [7, 11) is -1.97. The van der Waals surface area contributed by atoms with Gasteiger partial charge in [-0.25, -0.2) is 8.42 Å². The van der Waals surface area contributed by atoms with E-state index in [1.54, 1.807) is 31.4 Å². The van der Waals surface area contributed by atoms with Crippen molar-refractivity contribution in [1.82, 2.24) is 9.62 Å². The molecule has 1 heterocycles. The Labute approximate surface area is 156 Å². The quantitative estimate of drug-likeness (QED) is 0.679. The van der Waals surface area contributed by atoms with Crippen molar-refractivity contribution in [3.05, 3.63) is 24.3 Å². The average Bonchev–Trinajstić information content (AvgIpc) is 2.65. The molecule has 8 heteroatoms.